The summed E-state index contributed by atoms with van der Waals surface area (Å²) >= 11 is 0. The second kappa shape index (κ2) is 6.69. The van der Waals surface area contributed by atoms with Gasteiger partial charge >= 0.3 is 12.1 Å². The lowest BCUT2D eigenvalue weighted by atomic mass is 9.97. The second-order valence-corrected chi connectivity index (χ2v) is 5.96. The van der Waals surface area contributed by atoms with Crippen molar-refractivity contribution in [1.82, 2.24) is 20.0 Å². The van der Waals surface area contributed by atoms with Gasteiger partial charge in [-0.2, -0.15) is 13.2 Å². The maximum absolute atomic E-state index is 13.2. The van der Waals surface area contributed by atoms with Crippen LogP contribution in [0.15, 0.2) is 24.5 Å². The number of halogens is 3. The van der Waals surface area contributed by atoms with Crippen LogP contribution in [0.4, 0.5) is 19.0 Å². The van der Waals surface area contributed by atoms with Gasteiger partial charge in [0.2, 0.25) is 0 Å². The summed E-state index contributed by atoms with van der Waals surface area (Å²) in [5, 5.41) is 16.2. The molecule has 1 fully saturated rings. The molecule has 0 aromatic carbocycles. The number of aromatic carboxylic acids is 1. The van der Waals surface area contributed by atoms with Crippen LogP contribution in [-0.2, 0) is 12.7 Å². The Bertz CT molecular complexity index is 762. The first-order chi connectivity index (χ1) is 11.8. The molecule has 0 amide bonds. The van der Waals surface area contributed by atoms with Crippen molar-refractivity contribution in [2.24, 2.45) is 5.92 Å². The summed E-state index contributed by atoms with van der Waals surface area (Å²) in [5.41, 5.74) is -0.902. The van der Waals surface area contributed by atoms with E-state index in [1.807, 2.05) is 0 Å². The topological polar surface area (TPSA) is 84.1 Å². The fourth-order valence-electron chi connectivity index (χ4n) is 3.03. The number of hydrogen-bond donors (Lipinski definition) is 1. The summed E-state index contributed by atoms with van der Waals surface area (Å²) in [6.07, 6.45) is -0.251. The van der Waals surface area contributed by atoms with Crippen molar-refractivity contribution in [3.63, 3.8) is 0 Å². The molecule has 3 rings (SSSR count). The lowest BCUT2D eigenvalue weighted by Gasteiger charge is -2.34. The summed E-state index contributed by atoms with van der Waals surface area (Å²) < 4.78 is 41.0. The third kappa shape index (κ3) is 3.89. The normalized spacial score (nSPS) is 18.4. The van der Waals surface area contributed by atoms with E-state index >= 15 is 0 Å². The summed E-state index contributed by atoms with van der Waals surface area (Å²) in [7, 11) is 0. The molecule has 1 atom stereocenters. The zero-order chi connectivity index (χ0) is 18.0. The molecule has 1 saturated heterocycles. The van der Waals surface area contributed by atoms with E-state index in [0.717, 1.165) is 18.9 Å². The Hall–Kier alpha value is -2.65. The lowest BCUT2D eigenvalue weighted by Crippen LogP contribution is -2.38. The number of anilines is 1. The number of piperidine rings is 1. The Balaban J connectivity index is 1.74. The van der Waals surface area contributed by atoms with Gasteiger partial charge in [0.25, 0.3) is 0 Å². The Labute approximate surface area is 141 Å². The number of hydrogen-bond acceptors (Lipinski definition) is 5. The van der Waals surface area contributed by atoms with Gasteiger partial charge in [0.15, 0.2) is 5.69 Å². The van der Waals surface area contributed by atoms with Gasteiger partial charge in [-0.3, -0.25) is 4.68 Å². The Morgan fingerprint density at radius 3 is 2.88 bits per heavy atom. The first kappa shape index (κ1) is 17.2. The highest BCUT2D eigenvalue weighted by Crippen LogP contribution is 2.36. The van der Waals surface area contributed by atoms with Crippen LogP contribution in [0, 0.1) is 5.92 Å². The summed E-state index contributed by atoms with van der Waals surface area (Å²) in [4.78, 5) is 16.4. The highest BCUT2D eigenvalue weighted by Gasteiger charge is 2.36. The van der Waals surface area contributed by atoms with Crippen LogP contribution in [-0.4, -0.2) is 44.1 Å². The minimum absolute atomic E-state index is 0.0279. The van der Waals surface area contributed by atoms with Crippen molar-refractivity contribution in [3.05, 3.63) is 35.8 Å². The monoisotopic (exact) mass is 355 g/mol. The molecule has 7 nitrogen and oxygen atoms in total. The average molecular weight is 355 g/mol. The molecule has 3 heterocycles. The number of pyridine rings is 1. The standard InChI is InChI=1S/C15H16F3N5O2/c16-15(17,18)11-4-1-5-19-13(11)22-6-2-3-10(7-22)8-23-9-12(14(24)25)20-21-23/h1,4-5,9-10H,2-3,6-8H2,(H,24,25). The quantitative estimate of drug-likeness (QED) is 0.906. The molecule has 10 heteroatoms. The van der Waals surface area contributed by atoms with Crippen molar-refractivity contribution in [1.29, 1.82) is 0 Å². The fraction of sp³-hybridized carbons (Fsp3) is 0.467. The molecule has 0 aliphatic carbocycles. The molecule has 1 aliphatic rings. The predicted octanol–water partition coefficient (Wildman–Crippen LogP) is 2.31. The van der Waals surface area contributed by atoms with E-state index in [4.69, 9.17) is 5.11 Å². The number of carboxylic acid groups (broad SMARTS) is 1. The van der Waals surface area contributed by atoms with E-state index in [0.29, 0.717) is 19.6 Å². The Morgan fingerprint density at radius 1 is 1.40 bits per heavy atom. The van der Waals surface area contributed by atoms with Crippen LogP contribution in [0.25, 0.3) is 0 Å². The zero-order valence-electron chi connectivity index (χ0n) is 13.1. The van der Waals surface area contributed by atoms with Crippen LogP contribution < -0.4 is 4.90 Å². The van der Waals surface area contributed by atoms with Crippen LogP contribution in [0.5, 0.6) is 0 Å². The number of carboxylic acids is 1. The van der Waals surface area contributed by atoms with E-state index in [1.165, 1.54) is 23.1 Å². The molecule has 2 aromatic heterocycles. The van der Waals surface area contributed by atoms with E-state index in [2.05, 4.69) is 15.3 Å². The number of nitrogens with zero attached hydrogens (tertiary/aromatic N) is 5. The van der Waals surface area contributed by atoms with Gasteiger partial charge < -0.3 is 10.0 Å². The summed E-state index contributed by atoms with van der Waals surface area (Å²) in [6, 6.07) is 2.30. The molecule has 0 bridgehead atoms. The van der Waals surface area contributed by atoms with E-state index < -0.39 is 17.7 Å². The lowest BCUT2D eigenvalue weighted by molar-refractivity contribution is -0.137. The summed E-state index contributed by atoms with van der Waals surface area (Å²) in [5.74, 6) is -1.20. The predicted molar refractivity (Wildman–Crippen MR) is 81.2 cm³/mol. The molecular formula is C15H16F3N5O2. The third-order valence-electron chi connectivity index (χ3n) is 4.11. The smallest absolute Gasteiger partial charge is 0.419 e. The number of aromatic nitrogens is 4. The van der Waals surface area contributed by atoms with E-state index in [1.54, 1.807) is 4.90 Å². The van der Waals surface area contributed by atoms with Crippen molar-refractivity contribution in [2.45, 2.75) is 25.6 Å². The zero-order valence-corrected chi connectivity index (χ0v) is 13.1. The van der Waals surface area contributed by atoms with Crippen molar-refractivity contribution in [3.8, 4) is 0 Å². The first-order valence-corrected chi connectivity index (χ1v) is 7.75. The van der Waals surface area contributed by atoms with Gasteiger partial charge in [0.05, 0.1) is 11.8 Å². The SMILES string of the molecule is O=C(O)c1cn(CC2CCCN(c3ncccc3C(F)(F)F)C2)nn1. The second-order valence-electron chi connectivity index (χ2n) is 5.96. The highest BCUT2D eigenvalue weighted by atomic mass is 19.4. The third-order valence-corrected chi connectivity index (χ3v) is 4.11. The molecule has 0 saturated carbocycles. The molecule has 0 spiro atoms. The van der Waals surface area contributed by atoms with Gasteiger partial charge in [-0.15, -0.1) is 5.10 Å². The maximum atomic E-state index is 13.2. The van der Waals surface area contributed by atoms with E-state index in [9.17, 15) is 18.0 Å². The van der Waals surface area contributed by atoms with Crippen molar-refractivity contribution >= 4 is 11.8 Å². The Morgan fingerprint density at radius 2 is 2.20 bits per heavy atom. The highest BCUT2D eigenvalue weighted by molar-refractivity contribution is 5.84. The fourth-order valence-corrected chi connectivity index (χ4v) is 3.03. The van der Waals surface area contributed by atoms with Crippen LogP contribution >= 0.6 is 0 Å². The molecule has 1 N–H and O–H groups in total. The molecule has 1 unspecified atom stereocenters. The molecular weight excluding hydrogens is 339 g/mol. The van der Waals surface area contributed by atoms with Gasteiger partial charge in [0, 0.05) is 25.8 Å². The number of alkyl halides is 3. The molecule has 1 aliphatic heterocycles. The van der Waals surface area contributed by atoms with Gasteiger partial charge in [-0.25, -0.2) is 9.78 Å². The van der Waals surface area contributed by atoms with Gasteiger partial charge in [-0.1, -0.05) is 5.21 Å². The largest absolute Gasteiger partial charge is 0.476 e. The van der Waals surface area contributed by atoms with Crippen LogP contribution in [0.3, 0.4) is 0 Å². The van der Waals surface area contributed by atoms with Crippen molar-refractivity contribution in [2.75, 3.05) is 18.0 Å². The minimum Gasteiger partial charge on any atom is -0.476 e. The van der Waals surface area contributed by atoms with Crippen molar-refractivity contribution < 1.29 is 23.1 Å². The maximum Gasteiger partial charge on any atom is 0.419 e. The van der Waals surface area contributed by atoms with Gasteiger partial charge in [0.1, 0.15) is 5.82 Å². The van der Waals surface area contributed by atoms with Crippen LogP contribution in [0.1, 0.15) is 28.9 Å². The Kier molecular flexibility index (Phi) is 4.60. The van der Waals surface area contributed by atoms with E-state index in [-0.39, 0.29) is 17.4 Å². The minimum atomic E-state index is -4.46. The molecule has 134 valence electrons. The average Bonchev–Trinajstić information content (AvgIpc) is 3.03. The molecule has 2 aromatic rings. The van der Waals surface area contributed by atoms with Crippen LogP contribution in [0.2, 0.25) is 0 Å². The van der Waals surface area contributed by atoms with Gasteiger partial charge in [-0.05, 0) is 30.9 Å². The number of carbonyl (C=O) groups is 1. The number of rotatable bonds is 4. The molecule has 0 radical (unpaired) electrons. The molecule has 25 heavy (non-hydrogen) atoms. The summed E-state index contributed by atoms with van der Waals surface area (Å²) in [6.45, 7) is 1.28. The first-order valence-electron chi connectivity index (χ1n) is 7.75.